The molecular weight excluding hydrogens is 274 g/mol. The third-order valence-corrected chi connectivity index (χ3v) is 3.91. The molecule has 1 aromatic rings. The average molecular weight is 289 g/mol. The van der Waals surface area contributed by atoms with E-state index in [1.165, 1.54) is 0 Å². The zero-order valence-corrected chi connectivity index (χ0v) is 11.4. The summed E-state index contributed by atoms with van der Waals surface area (Å²) < 4.78 is 28.3. The first kappa shape index (κ1) is 15.2. The number of carbonyl (C=O) groups is 2. The Labute approximate surface area is 110 Å². The van der Waals surface area contributed by atoms with Gasteiger partial charge in [-0.05, 0) is 25.5 Å². The van der Waals surface area contributed by atoms with Gasteiger partial charge in [-0.2, -0.15) is 0 Å². The normalized spacial score (nSPS) is 12.9. The van der Waals surface area contributed by atoms with E-state index < -0.39 is 38.3 Å². The van der Waals surface area contributed by atoms with Crippen molar-refractivity contribution in [2.45, 2.75) is 31.4 Å². The van der Waals surface area contributed by atoms with Crippen molar-refractivity contribution >= 4 is 21.7 Å². The second-order valence-electron chi connectivity index (χ2n) is 4.06. The number of hydrogen-bond donors (Lipinski definition) is 2. The summed E-state index contributed by atoms with van der Waals surface area (Å²) in [7, 11) is -3.97. The number of carboxylic acid groups (broad SMARTS) is 1. The van der Waals surface area contributed by atoms with E-state index in [0.717, 1.165) is 12.1 Å². The van der Waals surface area contributed by atoms with Crippen LogP contribution in [0.2, 0.25) is 0 Å². The summed E-state index contributed by atoms with van der Waals surface area (Å²) in [5.74, 6) is -3.28. The van der Waals surface area contributed by atoms with Crippen molar-refractivity contribution in [3.63, 3.8) is 0 Å². The van der Waals surface area contributed by atoms with Crippen LogP contribution >= 0.6 is 0 Å². The van der Waals surface area contributed by atoms with Crippen LogP contribution in [0.3, 0.4) is 0 Å². The van der Waals surface area contributed by atoms with Crippen molar-refractivity contribution in [1.29, 1.82) is 0 Å². The number of aromatic carboxylic acids is 1. The van der Waals surface area contributed by atoms with Gasteiger partial charge < -0.3 is 14.8 Å². The highest BCUT2D eigenvalue weighted by molar-refractivity contribution is 7.92. The van der Waals surface area contributed by atoms with Crippen molar-refractivity contribution in [3.8, 4) is 0 Å². The Kier molecular flexibility index (Phi) is 4.71. The zero-order chi connectivity index (χ0) is 14.6. The summed E-state index contributed by atoms with van der Waals surface area (Å²) in [6.07, 6.45) is 0.676. The number of nitrogens with one attached hydrogen (secondary N) is 1. The third kappa shape index (κ3) is 4.09. The van der Waals surface area contributed by atoms with Gasteiger partial charge >= 0.3 is 5.97 Å². The molecule has 1 unspecified atom stereocenters. The highest BCUT2D eigenvalue weighted by Crippen LogP contribution is 2.15. The van der Waals surface area contributed by atoms with Crippen molar-refractivity contribution in [2.24, 2.45) is 0 Å². The highest BCUT2D eigenvalue weighted by Gasteiger charge is 2.24. The van der Waals surface area contributed by atoms with E-state index in [4.69, 9.17) is 5.11 Å². The van der Waals surface area contributed by atoms with Gasteiger partial charge in [0, 0.05) is 6.04 Å². The summed E-state index contributed by atoms with van der Waals surface area (Å²) in [6, 6.07) is 1.92. The van der Waals surface area contributed by atoms with E-state index in [0.29, 0.717) is 6.42 Å². The molecule has 0 aliphatic carbocycles. The molecule has 7 nitrogen and oxygen atoms in total. The molecule has 0 radical (unpaired) electrons. The van der Waals surface area contributed by atoms with Crippen LogP contribution in [0.1, 0.15) is 30.8 Å². The first-order valence-corrected chi connectivity index (χ1v) is 7.26. The lowest BCUT2D eigenvalue weighted by Crippen LogP contribution is -2.36. The van der Waals surface area contributed by atoms with Crippen molar-refractivity contribution < 1.29 is 27.5 Å². The van der Waals surface area contributed by atoms with Gasteiger partial charge in [-0.3, -0.25) is 4.79 Å². The van der Waals surface area contributed by atoms with Crippen LogP contribution in [-0.4, -0.2) is 37.2 Å². The Morgan fingerprint density at radius 1 is 1.42 bits per heavy atom. The number of rotatable bonds is 6. The third-order valence-electron chi connectivity index (χ3n) is 2.44. The quantitative estimate of drug-likeness (QED) is 0.795. The molecule has 106 valence electrons. The van der Waals surface area contributed by atoms with Crippen LogP contribution in [0.25, 0.3) is 0 Å². The molecule has 1 rings (SSSR count). The average Bonchev–Trinajstić information content (AvgIpc) is 2.77. The molecule has 0 saturated heterocycles. The van der Waals surface area contributed by atoms with E-state index in [1.54, 1.807) is 6.92 Å². The van der Waals surface area contributed by atoms with E-state index in [9.17, 15) is 18.0 Å². The van der Waals surface area contributed by atoms with E-state index >= 15 is 0 Å². The number of carboxylic acids is 1. The molecule has 1 heterocycles. The van der Waals surface area contributed by atoms with Crippen molar-refractivity contribution in [1.82, 2.24) is 5.32 Å². The number of amides is 1. The first-order chi connectivity index (χ1) is 8.76. The fraction of sp³-hybridized carbons (Fsp3) is 0.455. The molecule has 1 amide bonds. The van der Waals surface area contributed by atoms with Gasteiger partial charge in [-0.1, -0.05) is 6.92 Å². The van der Waals surface area contributed by atoms with Crippen LogP contribution in [0, 0.1) is 0 Å². The number of furan rings is 1. The van der Waals surface area contributed by atoms with E-state index in [-0.39, 0.29) is 6.04 Å². The van der Waals surface area contributed by atoms with Gasteiger partial charge in [0.15, 0.2) is 0 Å². The van der Waals surface area contributed by atoms with Gasteiger partial charge in [0.05, 0.1) is 0 Å². The maximum absolute atomic E-state index is 11.8. The number of hydrogen-bond acceptors (Lipinski definition) is 5. The summed E-state index contributed by atoms with van der Waals surface area (Å²) in [6.45, 7) is 3.60. The number of sulfone groups is 1. The lowest BCUT2D eigenvalue weighted by molar-refractivity contribution is -0.119. The van der Waals surface area contributed by atoms with Crippen LogP contribution in [-0.2, 0) is 14.6 Å². The molecular formula is C11H15NO6S. The van der Waals surface area contributed by atoms with Crippen LogP contribution in [0.15, 0.2) is 21.6 Å². The molecule has 19 heavy (non-hydrogen) atoms. The first-order valence-electron chi connectivity index (χ1n) is 5.61. The standard InChI is InChI=1S/C11H15NO6S/c1-3-7(2)12-9(13)6-19(16,17)10-5-4-8(18-10)11(14)15/h4-5,7H,3,6H2,1-2H3,(H,12,13)(H,14,15). The van der Waals surface area contributed by atoms with Crippen LogP contribution in [0.5, 0.6) is 0 Å². The lowest BCUT2D eigenvalue weighted by atomic mass is 10.3. The molecule has 0 aliphatic rings. The molecule has 1 aromatic heterocycles. The SMILES string of the molecule is CCC(C)NC(=O)CS(=O)(=O)c1ccc(C(=O)O)o1. The van der Waals surface area contributed by atoms with Crippen LogP contribution < -0.4 is 5.32 Å². The highest BCUT2D eigenvalue weighted by atomic mass is 32.2. The molecule has 0 fully saturated rings. The summed E-state index contributed by atoms with van der Waals surface area (Å²) in [5, 5.41) is 10.6. The minimum absolute atomic E-state index is 0.131. The number of carbonyl (C=O) groups excluding carboxylic acids is 1. The largest absolute Gasteiger partial charge is 0.475 e. The maximum Gasteiger partial charge on any atom is 0.371 e. The fourth-order valence-electron chi connectivity index (χ4n) is 1.26. The topological polar surface area (TPSA) is 114 Å². The molecule has 8 heteroatoms. The second-order valence-corrected chi connectivity index (χ2v) is 5.98. The minimum atomic E-state index is -3.97. The summed E-state index contributed by atoms with van der Waals surface area (Å²) >= 11 is 0. The van der Waals surface area contributed by atoms with Gasteiger partial charge in [0.2, 0.25) is 26.6 Å². The monoisotopic (exact) mass is 289 g/mol. The van der Waals surface area contributed by atoms with Crippen molar-refractivity contribution in [2.75, 3.05) is 5.75 Å². The van der Waals surface area contributed by atoms with Crippen molar-refractivity contribution in [3.05, 3.63) is 17.9 Å². The fourth-order valence-corrected chi connectivity index (χ4v) is 2.33. The Balaban J connectivity index is 2.80. The van der Waals surface area contributed by atoms with Crippen LogP contribution in [0.4, 0.5) is 0 Å². The Morgan fingerprint density at radius 3 is 2.53 bits per heavy atom. The lowest BCUT2D eigenvalue weighted by Gasteiger charge is -2.10. The maximum atomic E-state index is 11.8. The minimum Gasteiger partial charge on any atom is -0.475 e. The Bertz CT molecular complexity index is 574. The molecule has 2 N–H and O–H groups in total. The molecule has 0 aliphatic heterocycles. The van der Waals surface area contributed by atoms with Gasteiger partial charge in [-0.15, -0.1) is 0 Å². The molecule has 0 saturated carbocycles. The van der Waals surface area contributed by atoms with E-state index in [2.05, 4.69) is 9.73 Å². The smallest absolute Gasteiger partial charge is 0.371 e. The summed E-state index contributed by atoms with van der Waals surface area (Å²) in [5.41, 5.74) is 0. The molecule has 0 bridgehead atoms. The zero-order valence-electron chi connectivity index (χ0n) is 10.5. The predicted molar refractivity (Wildman–Crippen MR) is 65.6 cm³/mol. The molecule has 0 aromatic carbocycles. The van der Waals surface area contributed by atoms with Gasteiger partial charge in [0.1, 0.15) is 5.75 Å². The molecule has 1 atom stereocenters. The van der Waals surface area contributed by atoms with Gasteiger partial charge in [0.25, 0.3) is 0 Å². The second kappa shape index (κ2) is 5.87. The summed E-state index contributed by atoms with van der Waals surface area (Å²) in [4.78, 5) is 22.1. The Morgan fingerprint density at radius 2 is 2.05 bits per heavy atom. The predicted octanol–water partition coefficient (Wildman–Crippen LogP) is 0.666. The van der Waals surface area contributed by atoms with Gasteiger partial charge in [-0.25, -0.2) is 13.2 Å². The van der Waals surface area contributed by atoms with E-state index in [1.807, 2.05) is 6.92 Å². The Hall–Kier alpha value is -1.83. The molecule has 0 spiro atoms.